The fourth-order valence-corrected chi connectivity index (χ4v) is 9.13. The van der Waals surface area contributed by atoms with Crippen LogP contribution in [0.3, 0.4) is 0 Å². The van der Waals surface area contributed by atoms with E-state index in [1.54, 1.807) is 84.5 Å². The number of methoxy groups -OCH3 is 1. The zero-order valence-electron chi connectivity index (χ0n) is 24.9. The highest BCUT2D eigenvalue weighted by atomic mass is 28.4. The largest absolute Gasteiger partial charge is 0.497 e. The second-order valence-electron chi connectivity index (χ2n) is 11.6. The summed E-state index contributed by atoms with van der Waals surface area (Å²) in [6.07, 6.45) is 3.69. The maximum Gasteiger partial charge on any atom is 0.264 e. The number of carbonyl (C=O) groups excluding carboxylic acids is 2. The van der Waals surface area contributed by atoms with Crippen molar-refractivity contribution in [1.29, 1.82) is 0 Å². The van der Waals surface area contributed by atoms with Gasteiger partial charge in [0.05, 0.1) is 24.6 Å². The maximum absolute atomic E-state index is 16.1. The van der Waals surface area contributed by atoms with Gasteiger partial charge >= 0.3 is 0 Å². The SMILES string of the molecule is C=CCN1C(=O)[C@@]2(O[C@@H](CCn3cc(CCO)nn3)[C@H]([Si](C)(C)F)[C@H]2C)c2cc(NC(=O)c3ccc(OC)cc3)ccc21. The minimum absolute atomic E-state index is 0.0283. The van der Waals surface area contributed by atoms with Gasteiger partial charge in [0.2, 0.25) is 8.41 Å². The highest BCUT2D eigenvalue weighted by Crippen LogP contribution is 2.60. The summed E-state index contributed by atoms with van der Waals surface area (Å²) in [5.74, 6) is -0.406. The minimum atomic E-state index is -3.35. The van der Waals surface area contributed by atoms with E-state index in [4.69, 9.17) is 9.47 Å². The first-order valence-corrected chi connectivity index (χ1v) is 17.4. The van der Waals surface area contributed by atoms with Crippen LogP contribution in [-0.2, 0) is 28.1 Å². The highest BCUT2D eigenvalue weighted by Gasteiger charge is 2.66. The second-order valence-corrected chi connectivity index (χ2v) is 15.4. The monoisotopic (exact) mass is 607 g/mol. The number of hydrogen-bond acceptors (Lipinski definition) is 7. The summed E-state index contributed by atoms with van der Waals surface area (Å²) in [7, 11) is -1.79. The fraction of sp³-hybridized carbons (Fsp3) is 0.419. The number of aryl methyl sites for hydroxylation is 1. The number of hydrogen-bond donors (Lipinski definition) is 2. The summed E-state index contributed by atoms with van der Waals surface area (Å²) >= 11 is 0. The van der Waals surface area contributed by atoms with E-state index in [0.29, 0.717) is 53.3 Å². The lowest BCUT2D eigenvalue weighted by molar-refractivity contribution is -0.145. The summed E-state index contributed by atoms with van der Waals surface area (Å²) in [6.45, 7) is 9.70. The normalized spacial score (nSPS) is 23.1. The van der Waals surface area contributed by atoms with Crippen LogP contribution in [-0.4, -0.2) is 66.7 Å². The Morgan fingerprint density at radius 3 is 2.67 bits per heavy atom. The van der Waals surface area contributed by atoms with E-state index in [1.165, 1.54) is 0 Å². The average Bonchev–Trinajstić information content (AvgIpc) is 3.62. The molecule has 2 amide bonds. The molecule has 1 spiro atoms. The molecule has 2 aliphatic rings. The summed E-state index contributed by atoms with van der Waals surface area (Å²) in [4.78, 5) is 29.0. The average molecular weight is 608 g/mol. The topological polar surface area (TPSA) is 119 Å². The number of nitrogens with one attached hydrogen (secondary N) is 1. The first kappa shape index (κ1) is 30.6. The van der Waals surface area contributed by atoms with Gasteiger partial charge in [0.1, 0.15) is 5.75 Å². The van der Waals surface area contributed by atoms with E-state index in [1.807, 2.05) is 6.92 Å². The lowest BCUT2D eigenvalue weighted by Gasteiger charge is -2.31. The zero-order valence-corrected chi connectivity index (χ0v) is 25.9. The van der Waals surface area contributed by atoms with Crippen molar-refractivity contribution in [2.24, 2.45) is 5.92 Å². The molecule has 0 radical (unpaired) electrons. The molecule has 12 heteroatoms. The quantitative estimate of drug-likeness (QED) is 0.188. The molecule has 228 valence electrons. The molecule has 0 bridgehead atoms. The smallest absolute Gasteiger partial charge is 0.264 e. The molecule has 3 aromatic rings. The Bertz CT molecular complexity index is 1510. The summed E-state index contributed by atoms with van der Waals surface area (Å²) in [6, 6.07) is 12.1. The first-order valence-electron chi connectivity index (χ1n) is 14.4. The first-order chi connectivity index (χ1) is 20.5. The van der Waals surface area contributed by atoms with Crippen LogP contribution in [0.1, 0.15) is 35.0 Å². The van der Waals surface area contributed by atoms with Gasteiger partial charge in [-0.25, -0.2) is 0 Å². The van der Waals surface area contributed by atoms with E-state index >= 15 is 4.11 Å². The molecule has 5 rings (SSSR count). The molecule has 2 aromatic carbocycles. The zero-order chi connectivity index (χ0) is 30.9. The molecule has 0 aliphatic carbocycles. The van der Waals surface area contributed by atoms with Crippen molar-refractivity contribution in [2.45, 2.75) is 56.7 Å². The van der Waals surface area contributed by atoms with E-state index in [0.717, 1.165) is 0 Å². The third-order valence-electron chi connectivity index (χ3n) is 8.48. The van der Waals surface area contributed by atoms with Crippen LogP contribution in [0.15, 0.2) is 61.3 Å². The molecule has 3 heterocycles. The van der Waals surface area contributed by atoms with Gasteiger partial charge < -0.3 is 28.9 Å². The Kier molecular flexibility index (Phi) is 8.55. The number of nitrogens with zero attached hydrogens (tertiary/aromatic N) is 4. The number of carbonyl (C=O) groups is 2. The molecule has 1 aromatic heterocycles. The number of aliphatic hydroxyl groups excluding tert-OH is 1. The summed E-state index contributed by atoms with van der Waals surface area (Å²) in [5, 5.41) is 20.4. The second kappa shape index (κ2) is 12.0. The van der Waals surface area contributed by atoms with E-state index in [9.17, 15) is 14.7 Å². The van der Waals surface area contributed by atoms with Gasteiger partial charge in [-0.05, 0) is 62.0 Å². The molecule has 2 aliphatic heterocycles. The number of ether oxygens (including phenoxy) is 2. The Balaban J connectivity index is 1.49. The molecule has 2 N–H and O–H groups in total. The molecule has 4 atom stereocenters. The number of fused-ring (bicyclic) bond motifs is 2. The highest BCUT2D eigenvalue weighted by molar-refractivity contribution is 6.72. The van der Waals surface area contributed by atoms with Crippen LogP contribution < -0.4 is 15.0 Å². The lowest BCUT2D eigenvalue weighted by Crippen LogP contribution is -2.45. The molecule has 43 heavy (non-hydrogen) atoms. The number of benzene rings is 2. The van der Waals surface area contributed by atoms with Crippen LogP contribution in [0.4, 0.5) is 15.5 Å². The van der Waals surface area contributed by atoms with Gasteiger partial charge in [-0.3, -0.25) is 14.3 Å². The number of rotatable bonds is 11. The van der Waals surface area contributed by atoms with E-state index in [2.05, 4.69) is 22.2 Å². The van der Waals surface area contributed by atoms with Gasteiger partial charge in [0.25, 0.3) is 11.8 Å². The van der Waals surface area contributed by atoms with Crippen LogP contribution in [0, 0.1) is 5.92 Å². The molecule has 0 unspecified atom stereocenters. The molecular weight excluding hydrogens is 569 g/mol. The van der Waals surface area contributed by atoms with Crippen molar-refractivity contribution < 1.29 is 28.3 Å². The Morgan fingerprint density at radius 1 is 1.28 bits per heavy atom. The summed E-state index contributed by atoms with van der Waals surface area (Å²) in [5.41, 5.74) is 0.977. The summed E-state index contributed by atoms with van der Waals surface area (Å²) < 4.78 is 29.7. The van der Waals surface area contributed by atoms with Gasteiger partial charge in [0, 0.05) is 60.6 Å². The molecule has 1 saturated heterocycles. The molecule has 1 fully saturated rings. The Labute approximate surface area is 251 Å². The van der Waals surface area contributed by atoms with E-state index < -0.39 is 31.6 Å². The predicted molar refractivity (Wildman–Crippen MR) is 163 cm³/mol. The number of halogens is 1. The molecule has 0 saturated carbocycles. The Hall–Kier alpha value is -3.87. The van der Waals surface area contributed by atoms with Gasteiger partial charge in [0.15, 0.2) is 5.60 Å². The van der Waals surface area contributed by atoms with Crippen LogP contribution in [0.2, 0.25) is 18.6 Å². The fourth-order valence-electron chi connectivity index (χ4n) is 6.59. The van der Waals surface area contributed by atoms with Crippen molar-refractivity contribution in [3.63, 3.8) is 0 Å². The third-order valence-corrected chi connectivity index (χ3v) is 10.9. The van der Waals surface area contributed by atoms with Crippen LogP contribution >= 0.6 is 0 Å². The van der Waals surface area contributed by atoms with Gasteiger partial charge in [-0.1, -0.05) is 18.2 Å². The van der Waals surface area contributed by atoms with Crippen molar-refractivity contribution in [1.82, 2.24) is 15.0 Å². The van der Waals surface area contributed by atoms with Crippen molar-refractivity contribution in [2.75, 3.05) is 30.5 Å². The van der Waals surface area contributed by atoms with Crippen LogP contribution in [0.25, 0.3) is 0 Å². The standard InChI is InChI=1S/C31H38FN5O5Si/c1-6-15-37-26-12-9-22(33-29(39)21-7-10-24(41-3)11-8-21)18-25(26)31(30(37)40)20(2)28(43(4,5)32)27(42-31)13-16-36-19-23(14-17-38)34-35-36/h6-12,18-20,27-28,38H,1,13-17H2,2-5H3,(H,33,39)/t20-,27+,28-,31+/m1/s1. The van der Waals surface area contributed by atoms with Gasteiger partial charge in [-0.2, -0.15) is 0 Å². The number of anilines is 2. The predicted octanol–water partition coefficient (Wildman–Crippen LogP) is 4.47. The molecular formula is C31H38FN5O5Si. The molecule has 10 nitrogen and oxygen atoms in total. The number of amides is 2. The third kappa shape index (κ3) is 5.62. The maximum atomic E-state index is 16.1. The minimum Gasteiger partial charge on any atom is -0.497 e. The number of aliphatic hydroxyl groups is 1. The lowest BCUT2D eigenvalue weighted by atomic mass is 9.82. The number of aromatic nitrogens is 3. The van der Waals surface area contributed by atoms with Crippen molar-refractivity contribution in [3.05, 3.63) is 78.1 Å². The van der Waals surface area contributed by atoms with Crippen molar-refractivity contribution in [3.8, 4) is 5.75 Å². The Morgan fingerprint density at radius 2 is 2.02 bits per heavy atom. The van der Waals surface area contributed by atoms with Crippen LogP contribution in [0.5, 0.6) is 5.75 Å². The van der Waals surface area contributed by atoms with Crippen molar-refractivity contribution >= 4 is 31.6 Å². The van der Waals surface area contributed by atoms with Gasteiger partial charge in [-0.15, -0.1) is 11.7 Å². The van der Waals surface area contributed by atoms with E-state index in [-0.39, 0.29) is 25.0 Å².